The van der Waals surface area contributed by atoms with Crippen LogP contribution < -0.4 is 4.90 Å². The number of imide groups is 1. The van der Waals surface area contributed by atoms with Crippen LogP contribution in [-0.2, 0) is 9.53 Å². The van der Waals surface area contributed by atoms with E-state index in [2.05, 4.69) is 4.98 Å². The summed E-state index contributed by atoms with van der Waals surface area (Å²) in [4.78, 5) is 47.5. The van der Waals surface area contributed by atoms with E-state index in [1.165, 1.54) is 6.20 Å². The van der Waals surface area contributed by atoms with Crippen molar-refractivity contribution in [3.63, 3.8) is 0 Å². The zero-order valence-corrected chi connectivity index (χ0v) is 16.5. The summed E-state index contributed by atoms with van der Waals surface area (Å²) < 4.78 is 5.31. The molecule has 1 aromatic heterocycles. The second-order valence-corrected chi connectivity index (χ2v) is 8.00. The Morgan fingerprint density at radius 3 is 2.70 bits per heavy atom. The number of pyridine rings is 1. The normalized spacial score (nSPS) is 24.7. The van der Waals surface area contributed by atoms with Gasteiger partial charge in [-0.3, -0.25) is 4.79 Å². The maximum atomic E-state index is 13.4. The molecule has 0 spiro atoms. The molecular weight excluding hydrogens is 386 g/mol. The molecule has 152 valence electrons. The molecule has 4 heterocycles. The number of likely N-dealkylation sites (tertiary alicyclic amines) is 1. The first-order valence-electron chi connectivity index (χ1n) is 9.83. The lowest BCUT2D eigenvalue weighted by Crippen LogP contribution is -2.55. The number of piperazine rings is 1. The first kappa shape index (κ1) is 18.4. The van der Waals surface area contributed by atoms with Gasteiger partial charge in [0.25, 0.3) is 5.91 Å². The lowest BCUT2D eigenvalue weighted by Gasteiger charge is -2.34. The minimum Gasteiger partial charge on any atom is -0.447 e. The summed E-state index contributed by atoms with van der Waals surface area (Å²) in [5, 5.41) is 10.5. The van der Waals surface area contributed by atoms with Crippen molar-refractivity contribution in [3.8, 4) is 6.07 Å². The van der Waals surface area contributed by atoms with Gasteiger partial charge >= 0.3 is 12.1 Å². The number of fused-ring (bicyclic) bond motifs is 6. The number of hydrogen-bond donors (Lipinski definition) is 0. The summed E-state index contributed by atoms with van der Waals surface area (Å²) in [6, 6.07) is 7.33. The van der Waals surface area contributed by atoms with Gasteiger partial charge in [0, 0.05) is 17.3 Å². The van der Waals surface area contributed by atoms with Crippen LogP contribution in [0.2, 0.25) is 0 Å². The summed E-state index contributed by atoms with van der Waals surface area (Å²) in [5.74, 6) is -0.383. The van der Waals surface area contributed by atoms with E-state index < -0.39 is 24.2 Å². The van der Waals surface area contributed by atoms with Crippen LogP contribution in [0, 0.1) is 11.3 Å². The maximum Gasteiger partial charge on any atom is 0.410 e. The number of urea groups is 1. The fraction of sp³-hybridized carbons (Fsp3) is 0.381. The van der Waals surface area contributed by atoms with Gasteiger partial charge in [-0.1, -0.05) is 24.3 Å². The SMILES string of the molecule is CC(C)OC(=O)N1CC2CC1C1C(=O)N(c3cnc(C#N)c4ccccc34)C(=O)N21. The van der Waals surface area contributed by atoms with Crippen LogP contribution in [0.1, 0.15) is 26.0 Å². The van der Waals surface area contributed by atoms with Crippen molar-refractivity contribution in [3.05, 3.63) is 36.2 Å². The van der Waals surface area contributed by atoms with E-state index in [1.54, 1.807) is 47.9 Å². The number of nitriles is 1. The smallest absolute Gasteiger partial charge is 0.410 e. The quantitative estimate of drug-likeness (QED) is 0.710. The predicted octanol–water partition coefficient (Wildman–Crippen LogP) is 2.25. The summed E-state index contributed by atoms with van der Waals surface area (Å²) in [5.41, 5.74) is 0.585. The lowest BCUT2D eigenvalue weighted by atomic mass is 10.1. The number of ether oxygens (including phenoxy) is 1. The number of nitrogens with zero attached hydrogens (tertiary/aromatic N) is 5. The molecule has 1 aromatic carbocycles. The molecule has 0 aliphatic carbocycles. The standard InChI is InChI=1S/C21H19N5O4/c1-11(2)30-21(29)24-10-12-7-16(24)18-19(27)26(20(28)25(12)18)17-9-23-15(8-22)13-5-3-4-6-14(13)17/h3-6,9,11-12,16,18H,7,10H2,1-2H3. The number of carbonyl (C=O) groups is 3. The van der Waals surface area contributed by atoms with E-state index in [4.69, 9.17) is 4.74 Å². The van der Waals surface area contributed by atoms with Crippen LogP contribution >= 0.6 is 0 Å². The van der Waals surface area contributed by atoms with Crippen molar-refractivity contribution in [1.82, 2.24) is 14.8 Å². The Balaban J connectivity index is 1.53. The van der Waals surface area contributed by atoms with Gasteiger partial charge in [0.2, 0.25) is 0 Å². The van der Waals surface area contributed by atoms with Crippen molar-refractivity contribution in [1.29, 1.82) is 5.26 Å². The highest BCUT2D eigenvalue weighted by Crippen LogP contribution is 2.43. The molecule has 3 unspecified atom stereocenters. The molecule has 3 atom stereocenters. The molecule has 3 fully saturated rings. The number of amides is 4. The van der Waals surface area contributed by atoms with E-state index in [0.29, 0.717) is 29.4 Å². The number of rotatable bonds is 2. The Morgan fingerprint density at radius 1 is 1.27 bits per heavy atom. The average molecular weight is 405 g/mol. The van der Waals surface area contributed by atoms with Gasteiger partial charge in [0.15, 0.2) is 0 Å². The molecule has 3 aliphatic heterocycles. The minimum atomic E-state index is -0.731. The fourth-order valence-corrected chi connectivity index (χ4v) is 4.80. The molecule has 5 rings (SSSR count). The molecule has 0 saturated carbocycles. The Labute approximate surface area is 172 Å². The highest BCUT2D eigenvalue weighted by atomic mass is 16.6. The number of anilines is 1. The topological polar surface area (TPSA) is 107 Å². The largest absolute Gasteiger partial charge is 0.447 e. The van der Waals surface area contributed by atoms with Crippen LogP contribution in [0.4, 0.5) is 15.3 Å². The van der Waals surface area contributed by atoms with Gasteiger partial charge in [-0.15, -0.1) is 0 Å². The van der Waals surface area contributed by atoms with Crippen LogP contribution in [0.3, 0.4) is 0 Å². The molecule has 9 nitrogen and oxygen atoms in total. The number of aromatic nitrogens is 1. The van der Waals surface area contributed by atoms with Crippen molar-refractivity contribution in [2.45, 2.75) is 44.5 Å². The Kier molecular flexibility index (Phi) is 3.93. The molecule has 3 saturated heterocycles. The highest BCUT2D eigenvalue weighted by Gasteiger charge is 2.63. The molecule has 0 N–H and O–H groups in total. The Bertz CT molecular complexity index is 1140. The molecule has 9 heteroatoms. The van der Waals surface area contributed by atoms with Gasteiger partial charge in [0.05, 0.1) is 30.1 Å². The van der Waals surface area contributed by atoms with Gasteiger partial charge in [-0.05, 0) is 20.3 Å². The molecule has 4 amide bonds. The monoisotopic (exact) mass is 405 g/mol. The second kappa shape index (κ2) is 6.42. The van der Waals surface area contributed by atoms with Crippen molar-refractivity contribution in [2.75, 3.05) is 11.4 Å². The zero-order valence-electron chi connectivity index (χ0n) is 16.5. The third-order valence-electron chi connectivity index (χ3n) is 5.96. The lowest BCUT2D eigenvalue weighted by molar-refractivity contribution is -0.121. The van der Waals surface area contributed by atoms with Gasteiger partial charge in [-0.25, -0.2) is 19.5 Å². The molecule has 0 radical (unpaired) electrons. The van der Waals surface area contributed by atoms with E-state index >= 15 is 0 Å². The van der Waals surface area contributed by atoms with Gasteiger partial charge in [0.1, 0.15) is 17.8 Å². The third kappa shape index (κ3) is 2.40. The summed E-state index contributed by atoms with van der Waals surface area (Å²) in [6.07, 6.45) is 1.24. The molecule has 30 heavy (non-hydrogen) atoms. The van der Waals surface area contributed by atoms with Crippen LogP contribution in [-0.4, -0.2) is 63.6 Å². The summed E-state index contributed by atoms with van der Waals surface area (Å²) in [7, 11) is 0. The summed E-state index contributed by atoms with van der Waals surface area (Å²) >= 11 is 0. The predicted molar refractivity (Wildman–Crippen MR) is 105 cm³/mol. The highest BCUT2D eigenvalue weighted by molar-refractivity contribution is 6.25. The molecule has 3 aliphatic rings. The van der Waals surface area contributed by atoms with Gasteiger partial charge < -0.3 is 14.5 Å². The van der Waals surface area contributed by atoms with E-state index in [1.807, 2.05) is 6.07 Å². The first-order chi connectivity index (χ1) is 14.4. The van der Waals surface area contributed by atoms with Crippen molar-refractivity contribution >= 4 is 34.5 Å². The van der Waals surface area contributed by atoms with Gasteiger partial charge in [-0.2, -0.15) is 5.26 Å². The van der Waals surface area contributed by atoms with Crippen LogP contribution in [0.25, 0.3) is 10.8 Å². The zero-order chi connectivity index (χ0) is 21.2. The molecule has 2 bridgehead atoms. The van der Waals surface area contributed by atoms with Crippen molar-refractivity contribution in [2.24, 2.45) is 0 Å². The van der Waals surface area contributed by atoms with E-state index in [9.17, 15) is 19.6 Å². The number of hydrogen-bond acceptors (Lipinski definition) is 6. The first-order valence-corrected chi connectivity index (χ1v) is 9.83. The number of benzene rings is 1. The van der Waals surface area contributed by atoms with Crippen LogP contribution in [0.5, 0.6) is 0 Å². The third-order valence-corrected chi connectivity index (χ3v) is 5.96. The number of carbonyl (C=O) groups excluding carboxylic acids is 3. The molecular formula is C21H19N5O4. The minimum absolute atomic E-state index is 0.223. The Morgan fingerprint density at radius 2 is 2.00 bits per heavy atom. The fourth-order valence-electron chi connectivity index (χ4n) is 4.80. The molecule has 2 aromatic rings. The summed E-state index contributed by atoms with van der Waals surface area (Å²) in [6.45, 7) is 3.90. The maximum absolute atomic E-state index is 13.4. The van der Waals surface area contributed by atoms with Crippen LogP contribution in [0.15, 0.2) is 30.5 Å². The van der Waals surface area contributed by atoms with E-state index in [0.717, 1.165) is 4.90 Å². The average Bonchev–Trinajstić information content (AvgIpc) is 3.38. The Hall–Kier alpha value is -3.67. The van der Waals surface area contributed by atoms with Crippen molar-refractivity contribution < 1.29 is 19.1 Å². The van der Waals surface area contributed by atoms with E-state index in [-0.39, 0.29) is 23.7 Å². The second-order valence-electron chi connectivity index (χ2n) is 8.00.